The van der Waals surface area contributed by atoms with Crippen LogP contribution in [-0.4, -0.2) is 44.6 Å². The Labute approximate surface area is 141 Å². The van der Waals surface area contributed by atoms with Gasteiger partial charge in [-0.3, -0.25) is 4.79 Å². The van der Waals surface area contributed by atoms with E-state index in [1.807, 2.05) is 0 Å². The molecule has 0 N–H and O–H groups in total. The summed E-state index contributed by atoms with van der Waals surface area (Å²) in [5.41, 5.74) is -1.12. The first-order chi connectivity index (χ1) is 10.6. The molecule has 1 saturated carbocycles. The van der Waals surface area contributed by atoms with Gasteiger partial charge in [-0.1, -0.05) is 20.8 Å². The van der Waals surface area contributed by atoms with Crippen molar-refractivity contribution >= 4 is 14.1 Å². The zero-order valence-corrected chi connectivity index (χ0v) is 16.4. The lowest BCUT2D eigenvalue weighted by Crippen LogP contribution is -2.66. The summed E-state index contributed by atoms with van der Waals surface area (Å²) >= 11 is 0. The molecule has 2 spiro atoms. The Morgan fingerprint density at radius 3 is 2.26 bits per heavy atom. The second-order valence-corrected chi connectivity index (χ2v) is 13.8. The van der Waals surface area contributed by atoms with Crippen LogP contribution in [0.4, 0.5) is 0 Å². The SMILES string of the molecule is CC(C)(C)[Si](C)(C)O[C@H]1CC[C@]2(CCCO2)[C@@]2(CCCO2)C1=O. The van der Waals surface area contributed by atoms with E-state index in [4.69, 9.17) is 13.9 Å². The average Bonchev–Trinajstić information content (AvgIpc) is 3.10. The van der Waals surface area contributed by atoms with Crippen molar-refractivity contribution in [2.75, 3.05) is 13.2 Å². The van der Waals surface area contributed by atoms with Gasteiger partial charge in [0, 0.05) is 13.2 Å². The van der Waals surface area contributed by atoms with Gasteiger partial charge in [-0.2, -0.15) is 0 Å². The van der Waals surface area contributed by atoms with E-state index in [9.17, 15) is 4.79 Å². The van der Waals surface area contributed by atoms with Crippen LogP contribution in [0.2, 0.25) is 18.1 Å². The second kappa shape index (κ2) is 5.65. The Kier molecular flexibility index (Phi) is 4.32. The van der Waals surface area contributed by atoms with Crippen molar-refractivity contribution in [1.29, 1.82) is 0 Å². The molecule has 132 valence electrons. The number of carbonyl (C=O) groups is 1. The largest absolute Gasteiger partial charge is 0.407 e. The van der Waals surface area contributed by atoms with Crippen LogP contribution in [0.5, 0.6) is 0 Å². The zero-order valence-electron chi connectivity index (χ0n) is 15.4. The molecule has 0 radical (unpaired) electrons. The molecule has 2 saturated heterocycles. The highest BCUT2D eigenvalue weighted by molar-refractivity contribution is 6.74. The fourth-order valence-electron chi connectivity index (χ4n) is 4.23. The molecule has 3 aliphatic rings. The highest BCUT2D eigenvalue weighted by Gasteiger charge is 2.65. The minimum Gasteiger partial charge on any atom is -0.407 e. The third-order valence-electron chi connectivity index (χ3n) is 6.60. The van der Waals surface area contributed by atoms with Crippen molar-refractivity contribution in [1.82, 2.24) is 0 Å². The molecule has 23 heavy (non-hydrogen) atoms. The molecule has 2 aliphatic heterocycles. The fourth-order valence-corrected chi connectivity index (χ4v) is 5.52. The average molecular weight is 341 g/mol. The summed E-state index contributed by atoms with van der Waals surface area (Å²) in [6.45, 7) is 12.5. The molecule has 3 atom stereocenters. The lowest BCUT2D eigenvalue weighted by Gasteiger charge is -2.50. The van der Waals surface area contributed by atoms with Gasteiger partial charge >= 0.3 is 0 Å². The van der Waals surface area contributed by atoms with Crippen LogP contribution in [0.1, 0.15) is 59.3 Å². The number of hydrogen-bond donors (Lipinski definition) is 0. The molecule has 0 unspecified atom stereocenters. The van der Waals surface area contributed by atoms with E-state index >= 15 is 0 Å². The molecule has 4 nitrogen and oxygen atoms in total. The van der Waals surface area contributed by atoms with Crippen molar-refractivity contribution in [3.05, 3.63) is 0 Å². The van der Waals surface area contributed by atoms with Crippen LogP contribution in [0, 0.1) is 0 Å². The molecular weight excluding hydrogens is 308 g/mol. The van der Waals surface area contributed by atoms with Crippen LogP contribution in [0.3, 0.4) is 0 Å². The van der Waals surface area contributed by atoms with Gasteiger partial charge in [-0.25, -0.2) is 0 Å². The molecule has 2 heterocycles. The van der Waals surface area contributed by atoms with E-state index in [0.29, 0.717) is 6.61 Å². The summed E-state index contributed by atoms with van der Waals surface area (Å²) < 4.78 is 18.8. The Bertz CT molecular complexity index is 468. The molecule has 3 rings (SSSR count). The highest BCUT2D eigenvalue weighted by atomic mass is 28.4. The number of carbonyl (C=O) groups excluding carboxylic acids is 1. The molecule has 0 aromatic rings. The van der Waals surface area contributed by atoms with E-state index in [1.54, 1.807) is 0 Å². The third-order valence-corrected chi connectivity index (χ3v) is 11.1. The van der Waals surface area contributed by atoms with Gasteiger partial charge in [-0.15, -0.1) is 0 Å². The van der Waals surface area contributed by atoms with Crippen molar-refractivity contribution in [2.24, 2.45) is 0 Å². The van der Waals surface area contributed by atoms with Crippen LogP contribution in [-0.2, 0) is 18.7 Å². The van der Waals surface area contributed by atoms with Gasteiger partial charge in [0.2, 0.25) is 0 Å². The smallest absolute Gasteiger partial charge is 0.194 e. The topological polar surface area (TPSA) is 44.8 Å². The third kappa shape index (κ3) is 2.64. The van der Waals surface area contributed by atoms with Crippen molar-refractivity contribution in [3.63, 3.8) is 0 Å². The number of hydrogen-bond acceptors (Lipinski definition) is 4. The van der Waals surface area contributed by atoms with Crippen molar-refractivity contribution in [3.8, 4) is 0 Å². The number of rotatable bonds is 2. The maximum Gasteiger partial charge on any atom is 0.194 e. The van der Waals surface area contributed by atoms with E-state index in [1.165, 1.54) is 0 Å². The Morgan fingerprint density at radius 2 is 1.74 bits per heavy atom. The molecule has 0 amide bonds. The van der Waals surface area contributed by atoms with Gasteiger partial charge in [0.15, 0.2) is 19.7 Å². The Balaban J connectivity index is 1.86. The van der Waals surface area contributed by atoms with Gasteiger partial charge in [-0.05, 0) is 56.7 Å². The normalized spacial score (nSPS) is 38.8. The molecule has 1 aliphatic carbocycles. The highest BCUT2D eigenvalue weighted by Crippen LogP contribution is 2.52. The Morgan fingerprint density at radius 1 is 1.09 bits per heavy atom. The summed E-state index contributed by atoms with van der Waals surface area (Å²) in [6, 6.07) is 0. The van der Waals surface area contributed by atoms with Crippen LogP contribution in [0.25, 0.3) is 0 Å². The number of ether oxygens (including phenoxy) is 2. The first-order valence-electron chi connectivity index (χ1n) is 9.14. The summed E-state index contributed by atoms with van der Waals surface area (Å²) in [5, 5.41) is 0.107. The van der Waals surface area contributed by atoms with Crippen LogP contribution in [0.15, 0.2) is 0 Å². The fraction of sp³-hybridized carbons (Fsp3) is 0.944. The lowest BCUT2D eigenvalue weighted by molar-refractivity contribution is -0.202. The standard InChI is InChI=1S/C18H32O4Si/c1-16(2,3)23(4,5)22-14-8-11-17(9-6-12-20-17)18(15(14)19)10-7-13-21-18/h14H,6-13H2,1-5H3/t14-,17+,18+/m0/s1. The summed E-state index contributed by atoms with van der Waals surface area (Å²) in [5.74, 6) is 0.160. The maximum absolute atomic E-state index is 13.4. The van der Waals surface area contributed by atoms with Gasteiger partial charge in [0.25, 0.3) is 0 Å². The van der Waals surface area contributed by atoms with Gasteiger partial charge < -0.3 is 13.9 Å². The van der Waals surface area contributed by atoms with Crippen LogP contribution < -0.4 is 0 Å². The van der Waals surface area contributed by atoms with E-state index in [0.717, 1.165) is 45.1 Å². The first kappa shape index (κ1) is 17.6. The van der Waals surface area contributed by atoms with Gasteiger partial charge in [0.05, 0.1) is 0 Å². The zero-order chi connectivity index (χ0) is 16.9. The summed E-state index contributed by atoms with van der Waals surface area (Å²) in [4.78, 5) is 13.4. The van der Waals surface area contributed by atoms with E-state index < -0.39 is 13.9 Å². The predicted molar refractivity (Wildman–Crippen MR) is 92.1 cm³/mol. The number of ketones is 1. The van der Waals surface area contributed by atoms with E-state index in [-0.39, 0.29) is 22.5 Å². The van der Waals surface area contributed by atoms with Crippen LogP contribution >= 0.6 is 0 Å². The summed E-state index contributed by atoms with van der Waals surface area (Å²) in [6.07, 6.45) is 5.07. The molecule has 0 aromatic heterocycles. The molecule has 0 bridgehead atoms. The number of Topliss-reactive ketones (excluding diaryl/α,β-unsaturated/α-hetero) is 1. The second-order valence-electron chi connectivity index (χ2n) is 9.00. The molecule has 5 heteroatoms. The lowest BCUT2D eigenvalue weighted by atomic mass is 9.67. The maximum atomic E-state index is 13.4. The number of fused-ring (bicyclic) bond motifs is 1. The predicted octanol–water partition coefficient (Wildman–Crippen LogP) is 3.84. The molecule has 0 aromatic carbocycles. The Hall–Kier alpha value is -0.233. The minimum atomic E-state index is -1.97. The quantitative estimate of drug-likeness (QED) is 0.717. The minimum absolute atomic E-state index is 0.107. The van der Waals surface area contributed by atoms with E-state index in [2.05, 4.69) is 33.9 Å². The van der Waals surface area contributed by atoms with Crippen molar-refractivity contribution < 1.29 is 18.7 Å². The molecule has 3 fully saturated rings. The summed E-state index contributed by atoms with van der Waals surface area (Å²) in [7, 11) is -1.97. The van der Waals surface area contributed by atoms with Crippen molar-refractivity contribution in [2.45, 2.75) is 94.7 Å². The first-order valence-corrected chi connectivity index (χ1v) is 12.0. The monoisotopic (exact) mass is 340 g/mol. The molecular formula is C18H32O4Si. The van der Waals surface area contributed by atoms with Gasteiger partial charge in [0.1, 0.15) is 11.7 Å².